The Balaban J connectivity index is 1.53. The van der Waals surface area contributed by atoms with E-state index >= 15 is 0 Å². The maximum absolute atomic E-state index is 12.3. The molecule has 0 aliphatic carbocycles. The van der Waals surface area contributed by atoms with Crippen molar-refractivity contribution in [1.29, 1.82) is 5.26 Å². The van der Waals surface area contributed by atoms with Gasteiger partial charge in [-0.1, -0.05) is 6.58 Å². The normalized spacial score (nSPS) is 10.2. The van der Waals surface area contributed by atoms with Crippen molar-refractivity contribution in [2.75, 3.05) is 6.79 Å². The van der Waals surface area contributed by atoms with Crippen LogP contribution in [0.15, 0.2) is 90.4 Å². The summed E-state index contributed by atoms with van der Waals surface area (Å²) < 4.78 is 15.3. The van der Waals surface area contributed by atoms with Crippen LogP contribution in [0.2, 0.25) is 0 Å². The summed E-state index contributed by atoms with van der Waals surface area (Å²) in [6.45, 7) is 3.03. The van der Waals surface area contributed by atoms with Gasteiger partial charge in [0.1, 0.15) is 11.5 Å². The van der Waals surface area contributed by atoms with Gasteiger partial charge >= 0.3 is 11.9 Å². The second-order valence-corrected chi connectivity index (χ2v) is 6.33. The molecule has 0 unspecified atom stereocenters. The molecule has 7 heteroatoms. The van der Waals surface area contributed by atoms with Crippen molar-refractivity contribution >= 4 is 23.8 Å². The minimum atomic E-state index is -0.586. The summed E-state index contributed by atoms with van der Waals surface area (Å²) in [6, 6.07) is 22.1. The van der Waals surface area contributed by atoms with E-state index in [2.05, 4.69) is 17.6 Å². The molecule has 0 saturated heterocycles. The first-order valence-corrected chi connectivity index (χ1v) is 9.46. The van der Waals surface area contributed by atoms with Gasteiger partial charge < -0.3 is 14.2 Å². The molecule has 32 heavy (non-hydrogen) atoms. The topological polar surface area (TPSA) is 98.0 Å². The van der Waals surface area contributed by atoms with Crippen molar-refractivity contribution in [3.05, 3.63) is 102 Å². The standard InChI is InChI=1S/C25H18N2O5/c1-2-24(28)31-17-30-22-13-7-20(8-14-22)25(29)32-23-11-5-19(6-12-23)16-27-21-9-3-18(15-26)4-10-21/h2-14,16H,1,17H2/b27-16+. The van der Waals surface area contributed by atoms with E-state index in [1.807, 2.05) is 0 Å². The van der Waals surface area contributed by atoms with Crippen LogP contribution in [-0.4, -0.2) is 24.9 Å². The maximum Gasteiger partial charge on any atom is 0.343 e. The fourth-order valence-corrected chi connectivity index (χ4v) is 2.46. The average Bonchev–Trinajstić information content (AvgIpc) is 2.84. The Labute approximate surface area is 184 Å². The lowest BCUT2D eigenvalue weighted by molar-refractivity contribution is -0.144. The summed E-state index contributed by atoms with van der Waals surface area (Å²) in [5.74, 6) is -0.281. The van der Waals surface area contributed by atoms with Gasteiger partial charge in [-0.25, -0.2) is 9.59 Å². The van der Waals surface area contributed by atoms with E-state index in [0.717, 1.165) is 17.3 Å². The number of hydrogen-bond acceptors (Lipinski definition) is 7. The Morgan fingerprint density at radius 2 is 1.59 bits per heavy atom. The molecule has 0 aliphatic rings. The van der Waals surface area contributed by atoms with Crippen molar-refractivity contribution in [1.82, 2.24) is 0 Å². The lowest BCUT2D eigenvalue weighted by atomic mass is 10.2. The molecule has 0 heterocycles. The molecular weight excluding hydrogens is 408 g/mol. The summed E-state index contributed by atoms with van der Waals surface area (Å²) >= 11 is 0. The molecule has 0 aliphatic heterocycles. The maximum atomic E-state index is 12.3. The summed E-state index contributed by atoms with van der Waals surface area (Å²) in [5, 5.41) is 8.82. The molecule has 0 N–H and O–H groups in total. The van der Waals surface area contributed by atoms with E-state index in [4.69, 9.17) is 19.5 Å². The summed E-state index contributed by atoms with van der Waals surface area (Å²) in [5.41, 5.74) is 2.47. The van der Waals surface area contributed by atoms with Crippen LogP contribution in [0.4, 0.5) is 5.69 Å². The number of nitrogens with zero attached hydrogens (tertiary/aromatic N) is 2. The summed E-state index contributed by atoms with van der Waals surface area (Å²) in [4.78, 5) is 27.6. The Bertz CT molecular complexity index is 1160. The van der Waals surface area contributed by atoms with Crippen molar-refractivity contribution in [2.24, 2.45) is 4.99 Å². The third kappa shape index (κ3) is 6.40. The van der Waals surface area contributed by atoms with E-state index in [-0.39, 0.29) is 6.79 Å². The lowest BCUT2D eigenvalue weighted by Gasteiger charge is -2.07. The van der Waals surface area contributed by atoms with Crippen LogP contribution in [0.25, 0.3) is 0 Å². The van der Waals surface area contributed by atoms with Crippen molar-refractivity contribution in [2.45, 2.75) is 0 Å². The van der Waals surface area contributed by atoms with Gasteiger partial charge in [0.05, 0.1) is 22.9 Å². The number of hydrogen-bond donors (Lipinski definition) is 0. The molecule has 3 aromatic rings. The number of carbonyl (C=O) groups excluding carboxylic acids is 2. The highest BCUT2D eigenvalue weighted by molar-refractivity contribution is 5.91. The Morgan fingerprint density at radius 3 is 2.22 bits per heavy atom. The van der Waals surface area contributed by atoms with Gasteiger partial charge in [-0.2, -0.15) is 5.26 Å². The third-order valence-corrected chi connectivity index (χ3v) is 4.13. The number of ether oxygens (including phenoxy) is 3. The van der Waals surface area contributed by atoms with Crippen LogP contribution in [-0.2, 0) is 9.53 Å². The lowest BCUT2D eigenvalue weighted by Crippen LogP contribution is -2.09. The van der Waals surface area contributed by atoms with E-state index in [1.54, 1.807) is 79.0 Å². The van der Waals surface area contributed by atoms with Crippen LogP contribution in [0.5, 0.6) is 11.5 Å². The first-order chi connectivity index (χ1) is 15.6. The number of esters is 2. The predicted octanol–water partition coefficient (Wildman–Crippen LogP) is 4.59. The third-order valence-electron chi connectivity index (χ3n) is 4.13. The first kappa shape index (κ1) is 22.0. The minimum absolute atomic E-state index is 0.254. The quantitative estimate of drug-likeness (QED) is 0.172. The second-order valence-electron chi connectivity index (χ2n) is 6.33. The van der Waals surface area contributed by atoms with Gasteiger partial charge in [0, 0.05) is 12.3 Å². The van der Waals surface area contributed by atoms with Gasteiger partial charge in [0.25, 0.3) is 0 Å². The highest BCUT2D eigenvalue weighted by atomic mass is 16.7. The van der Waals surface area contributed by atoms with Gasteiger partial charge in [0.15, 0.2) is 0 Å². The highest BCUT2D eigenvalue weighted by Crippen LogP contribution is 2.17. The molecule has 3 rings (SSSR count). The number of rotatable bonds is 8. The number of nitriles is 1. The zero-order chi connectivity index (χ0) is 22.8. The zero-order valence-electron chi connectivity index (χ0n) is 16.9. The fourth-order valence-electron chi connectivity index (χ4n) is 2.46. The van der Waals surface area contributed by atoms with Crippen LogP contribution in [0.1, 0.15) is 21.5 Å². The van der Waals surface area contributed by atoms with Crippen LogP contribution < -0.4 is 9.47 Å². The molecule has 158 valence electrons. The molecule has 7 nitrogen and oxygen atoms in total. The predicted molar refractivity (Wildman–Crippen MR) is 118 cm³/mol. The Kier molecular flexibility index (Phi) is 7.49. The van der Waals surface area contributed by atoms with Gasteiger partial charge in [-0.15, -0.1) is 0 Å². The molecule has 0 amide bonds. The van der Waals surface area contributed by atoms with E-state index in [1.165, 1.54) is 0 Å². The Hall–Kier alpha value is -4.70. The smallest absolute Gasteiger partial charge is 0.343 e. The monoisotopic (exact) mass is 426 g/mol. The number of carbonyl (C=O) groups is 2. The highest BCUT2D eigenvalue weighted by Gasteiger charge is 2.09. The molecule has 0 bridgehead atoms. The molecule has 0 spiro atoms. The molecular formula is C25H18N2O5. The van der Waals surface area contributed by atoms with Gasteiger partial charge in [-0.05, 0) is 78.4 Å². The number of benzene rings is 3. The largest absolute Gasteiger partial charge is 0.457 e. The van der Waals surface area contributed by atoms with E-state index in [0.29, 0.717) is 22.6 Å². The average molecular weight is 426 g/mol. The number of aliphatic imine (C=N–C) groups is 1. The van der Waals surface area contributed by atoms with Crippen LogP contribution in [0, 0.1) is 11.3 Å². The molecule has 0 radical (unpaired) electrons. The summed E-state index contributed by atoms with van der Waals surface area (Å²) in [6.07, 6.45) is 2.72. The molecule has 0 fully saturated rings. The molecule has 0 atom stereocenters. The van der Waals surface area contributed by atoms with Gasteiger partial charge in [0.2, 0.25) is 6.79 Å². The SMILES string of the molecule is C=CC(=O)OCOc1ccc(C(=O)Oc2ccc(/C=N/c3ccc(C#N)cc3)cc2)cc1. The minimum Gasteiger partial charge on any atom is -0.457 e. The second kappa shape index (κ2) is 10.9. The van der Waals surface area contributed by atoms with Crippen LogP contribution in [0.3, 0.4) is 0 Å². The molecule has 0 saturated carbocycles. The first-order valence-electron chi connectivity index (χ1n) is 9.46. The fraction of sp³-hybridized carbons (Fsp3) is 0.0400. The zero-order valence-corrected chi connectivity index (χ0v) is 16.9. The van der Waals surface area contributed by atoms with Crippen molar-refractivity contribution in [3.8, 4) is 17.6 Å². The Morgan fingerprint density at radius 1 is 0.938 bits per heavy atom. The molecule has 3 aromatic carbocycles. The van der Waals surface area contributed by atoms with Crippen molar-refractivity contribution in [3.63, 3.8) is 0 Å². The molecule has 0 aromatic heterocycles. The summed E-state index contributed by atoms with van der Waals surface area (Å²) in [7, 11) is 0. The van der Waals surface area contributed by atoms with Gasteiger partial charge in [-0.3, -0.25) is 4.99 Å². The van der Waals surface area contributed by atoms with Crippen molar-refractivity contribution < 1.29 is 23.8 Å². The van der Waals surface area contributed by atoms with Crippen LogP contribution >= 0.6 is 0 Å². The van der Waals surface area contributed by atoms with E-state index in [9.17, 15) is 9.59 Å². The van der Waals surface area contributed by atoms with E-state index < -0.39 is 11.9 Å².